The van der Waals surface area contributed by atoms with Crippen molar-refractivity contribution in [2.24, 2.45) is 5.92 Å². The van der Waals surface area contributed by atoms with Crippen molar-refractivity contribution in [2.75, 3.05) is 13.2 Å². The van der Waals surface area contributed by atoms with E-state index in [1.54, 1.807) is 13.8 Å². The average molecular weight is 743 g/mol. The Labute approximate surface area is 297 Å². The number of hydrogen-bond donors (Lipinski definition) is 10. The molecule has 0 spiro atoms. The lowest BCUT2D eigenvalue weighted by Crippen LogP contribution is -2.60. The Bertz CT molecular complexity index is 1430. The Morgan fingerprint density at radius 2 is 1.08 bits per heavy atom. The molecule has 18 nitrogen and oxygen atoms in total. The first kappa shape index (κ1) is 41.3. The quantitative estimate of drug-likeness (QED) is 0.0812. The second-order valence-corrected chi connectivity index (χ2v) is 13.0. The second kappa shape index (κ2) is 18.0. The molecule has 12 atom stereocenters. The van der Waals surface area contributed by atoms with E-state index in [9.17, 15) is 60.7 Å². The first-order chi connectivity index (χ1) is 24.6. The molecule has 0 bridgehead atoms. The van der Waals surface area contributed by atoms with E-state index >= 15 is 0 Å². The second-order valence-electron chi connectivity index (χ2n) is 13.0. The van der Waals surface area contributed by atoms with Crippen molar-refractivity contribution in [1.29, 1.82) is 0 Å². The summed E-state index contributed by atoms with van der Waals surface area (Å²) in [4.78, 5) is 26.0. The van der Waals surface area contributed by atoms with Crippen LogP contribution in [0.15, 0.2) is 48.5 Å². The van der Waals surface area contributed by atoms with Crippen LogP contribution in [0.4, 0.5) is 0 Å². The number of rotatable bonds is 15. The zero-order chi connectivity index (χ0) is 38.3. The molecule has 2 fully saturated rings. The molecule has 2 aliphatic rings. The van der Waals surface area contributed by atoms with Crippen molar-refractivity contribution < 1.29 is 89.1 Å². The summed E-state index contributed by atoms with van der Waals surface area (Å²) >= 11 is 0. The van der Waals surface area contributed by atoms with Gasteiger partial charge in [0, 0.05) is 0 Å². The van der Waals surface area contributed by atoms with Gasteiger partial charge in [-0.15, -0.1) is 0 Å². The fourth-order valence-corrected chi connectivity index (χ4v) is 5.56. The minimum Gasteiger partial charge on any atom is -0.462 e. The van der Waals surface area contributed by atoms with Gasteiger partial charge in [0.05, 0.1) is 13.2 Å². The van der Waals surface area contributed by atoms with Crippen molar-refractivity contribution in [3.05, 3.63) is 59.7 Å². The Morgan fingerprint density at radius 3 is 1.46 bits per heavy atom. The Hall–Kier alpha value is -3.50. The standard InChI is InChI=1S/C34H46O18/c1-16(2)11-34(46,33(45)48-15-18-5-9-20(10-6-18)50-32-28(42)26(40)24(38)22(13-36)52-32)29(43)30(44)47-14-17-3-7-19(8-4-17)49-31-27(41)25(39)23(37)21(12-35)51-31/h3-10,16,21-29,31-32,35-43,46H,11-15H2,1-2H3/t21-,22+,23-,24+,25+,26-,27-,28+,29+,31+,32-,34+/m0/s1. The minimum absolute atomic E-state index is 0.157. The van der Waals surface area contributed by atoms with Gasteiger partial charge in [0.25, 0.3) is 0 Å². The Kier molecular flexibility index (Phi) is 14.3. The number of aliphatic hydroxyl groups excluding tert-OH is 9. The van der Waals surface area contributed by atoms with Gasteiger partial charge in [-0.2, -0.15) is 0 Å². The number of hydrogen-bond acceptors (Lipinski definition) is 18. The van der Waals surface area contributed by atoms with Gasteiger partial charge in [-0.25, -0.2) is 9.59 Å². The van der Waals surface area contributed by atoms with E-state index in [1.165, 1.54) is 48.5 Å². The third kappa shape index (κ3) is 9.72. The summed E-state index contributed by atoms with van der Waals surface area (Å²) in [5.41, 5.74) is -1.88. The fourth-order valence-electron chi connectivity index (χ4n) is 5.56. The van der Waals surface area contributed by atoms with Crippen LogP contribution < -0.4 is 9.47 Å². The lowest BCUT2D eigenvalue weighted by atomic mass is 9.87. The normalized spacial score (nSPS) is 30.9. The van der Waals surface area contributed by atoms with Crippen LogP contribution in [0.1, 0.15) is 31.4 Å². The van der Waals surface area contributed by atoms with Crippen LogP contribution in [-0.4, -0.2) is 149 Å². The molecule has 2 saturated heterocycles. The smallest absolute Gasteiger partial charge is 0.341 e. The van der Waals surface area contributed by atoms with Gasteiger partial charge in [-0.3, -0.25) is 0 Å². The molecular weight excluding hydrogens is 696 g/mol. The molecule has 2 aromatic carbocycles. The third-order valence-electron chi connectivity index (χ3n) is 8.55. The average Bonchev–Trinajstić information content (AvgIpc) is 3.13. The highest BCUT2D eigenvalue weighted by atomic mass is 16.7. The maximum Gasteiger partial charge on any atom is 0.341 e. The summed E-state index contributed by atoms with van der Waals surface area (Å²) in [6.07, 6.45) is -17.5. The summed E-state index contributed by atoms with van der Waals surface area (Å²) in [6.45, 7) is 1.26. The largest absolute Gasteiger partial charge is 0.462 e. The van der Waals surface area contributed by atoms with Gasteiger partial charge in [0.15, 0.2) is 11.7 Å². The van der Waals surface area contributed by atoms with Gasteiger partial charge < -0.3 is 79.5 Å². The Morgan fingerprint density at radius 1 is 0.673 bits per heavy atom. The van der Waals surface area contributed by atoms with Gasteiger partial charge >= 0.3 is 11.9 Å². The summed E-state index contributed by atoms with van der Waals surface area (Å²) in [7, 11) is 0. The molecule has 2 heterocycles. The van der Waals surface area contributed by atoms with E-state index in [-0.39, 0.29) is 30.4 Å². The highest BCUT2D eigenvalue weighted by Gasteiger charge is 2.50. The monoisotopic (exact) mass is 742 g/mol. The molecule has 0 saturated carbocycles. The molecule has 4 rings (SSSR count). The molecule has 52 heavy (non-hydrogen) atoms. The maximum atomic E-state index is 13.1. The molecule has 2 aromatic rings. The zero-order valence-corrected chi connectivity index (χ0v) is 28.3. The van der Waals surface area contributed by atoms with Crippen molar-refractivity contribution >= 4 is 11.9 Å². The molecule has 290 valence electrons. The van der Waals surface area contributed by atoms with Gasteiger partial charge in [0.2, 0.25) is 12.6 Å². The molecule has 0 amide bonds. The number of carbonyl (C=O) groups excluding carboxylic acids is 2. The highest BCUT2D eigenvalue weighted by molar-refractivity contribution is 5.89. The van der Waals surface area contributed by atoms with Crippen LogP contribution in [-0.2, 0) is 41.8 Å². The zero-order valence-electron chi connectivity index (χ0n) is 28.3. The molecule has 0 aliphatic carbocycles. The van der Waals surface area contributed by atoms with Crippen LogP contribution in [0.5, 0.6) is 11.5 Å². The lowest BCUT2D eigenvalue weighted by molar-refractivity contribution is -0.277. The van der Waals surface area contributed by atoms with Gasteiger partial charge in [-0.1, -0.05) is 38.1 Å². The van der Waals surface area contributed by atoms with E-state index in [1.807, 2.05) is 0 Å². The number of ether oxygens (including phenoxy) is 6. The first-order valence-electron chi connectivity index (χ1n) is 16.5. The number of benzene rings is 2. The summed E-state index contributed by atoms with van der Waals surface area (Å²) in [5.74, 6) is -2.66. The Balaban J connectivity index is 1.31. The molecule has 0 aromatic heterocycles. The molecule has 18 heteroatoms. The van der Waals surface area contributed by atoms with E-state index in [4.69, 9.17) is 28.4 Å². The number of esters is 2. The topological polar surface area (TPSA) is 292 Å². The van der Waals surface area contributed by atoms with Crippen LogP contribution in [0.2, 0.25) is 0 Å². The predicted molar refractivity (Wildman–Crippen MR) is 172 cm³/mol. The molecular formula is C34H46O18. The van der Waals surface area contributed by atoms with E-state index in [2.05, 4.69) is 0 Å². The van der Waals surface area contributed by atoms with E-state index < -0.39 is 105 Å². The van der Waals surface area contributed by atoms with Crippen LogP contribution in [0.3, 0.4) is 0 Å². The van der Waals surface area contributed by atoms with E-state index in [0.29, 0.717) is 11.1 Å². The van der Waals surface area contributed by atoms with Crippen molar-refractivity contribution in [1.82, 2.24) is 0 Å². The summed E-state index contributed by atoms with van der Waals surface area (Å²) in [5, 5.41) is 101. The summed E-state index contributed by atoms with van der Waals surface area (Å²) in [6, 6.07) is 11.6. The van der Waals surface area contributed by atoms with Crippen LogP contribution in [0, 0.1) is 5.92 Å². The summed E-state index contributed by atoms with van der Waals surface area (Å²) < 4.78 is 32.1. The molecule has 0 radical (unpaired) electrons. The fraction of sp³-hybridized carbons (Fsp3) is 0.588. The lowest BCUT2D eigenvalue weighted by Gasteiger charge is -2.39. The number of aliphatic hydroxyl groups is 10. The van der Waals surface area contributed by atoms with Gasteiger partial charge in [-0.05, 0) is 47.7 Å². The molecule has 0 unspecified atom stereocenters. The predicted octanol–water partition coefficient (Wildman–Crippen LogP) is -3.03. The van der Waals surface area contributed by atoms with Crippen molar-refractivity contribution in [3.63, 3.8) is 0 Å². The SMILES string of the molecule is CC(C)C[C@](O)(C(=O)OCc1ccc(O[C@H]2O[C@H](CO)[C@@H](O)[C@H](O)[C@H]2O)cc1)[C@H](O)C(=O)OCc1ccc(O[C@@H]2O[C@@H](CO)[C@H](O)[C@@H](O)[C@@H]2O)cc1. The highest BCUT2D eigenvalue weighted by Crippen LogP contribution is 2.28. The van der Waals surface area contributed by atoms with Gasteiger partial charge in [0.1, 0.15) is 73.5 Å². The van der Waals surface area contributed by atoms with Crippen LogP contribution >= 0.6 is 0 Å². The van der Waals surface area contributed by atoms with E-state index in [0.717, 1.165) is 0 Å². The molecule has 2 aliphatic heterocycles. The maximum absolute atomic E-state index is 13.1. The van der Waals surface area contributed by atoms with Crippen molar-refractivity contribution in [2.45, 2.75) is 107 Å². The first-order valence-corrected chi connectivity index (χ1v) is 16.5. The molecule has 10 N–H and O–H groups in total. The third-order valence-corrected chi connectivity index (χ3v) is 8.55. The van der Waals surface area contributed by atoms with Crippen LogP contribution in [0.25, 0.3) is 0 Å². The minimum atomic E-state index is -2.68. The number of carbonyl (C=O) groups is 2. The van der Waals surface area contributed by atoms with Crippen molar-refractivity contribution in [3.8, 4) is 11.5 Å².